The zero-order chi connectivity index (χ0) is 14.4. The van der Waals surface area contributed by atoms with Crippen molar-refractivity contribution in [2.45, 2.75) is 45.1 Å². The Bertz CT molecular complexity index is 609. The molecule has 2 nitrogen and oxygen atoms in total. The number of rotatable bonds is 0. The van der Waals surface area contributed by atoms with Gasteiger partial charge in [0.05, 0.1) is 0 Å². The van der Waals surface area contributed by atoms with E-state index in [-0.39, 0.29) is 5.78 Å². The number of carbonyl (C=O) groups is 1. The minimum absolute atomic E-state index is 0.289. The molecule has 104 valence electrons. The number of fused-ring (bicyclic) bond motifs is 1. The van der Waals surface area contributed by atoms with Crippen molar-refractivity contribution in [3.05, 3.63) is 35.9 Å². The Hall–Kier alpha value is -1.59. The number of Topliss-reactive ketones (excluding diaryl/α,β-unsaturated/α-hetero) is 1. The third-order valence-corrected chi connectivity index (χ3v) is 5.77. The summed E-state index contributed by atoms with van der Waals surface area (Å²) < 4.78 is 0. The fraction of sp³-hybridized carbons (Fsp3) is 0.500. The second-order valence-corrected chi connectivity index (χ2v) is 6.56. The predicted octanol–water partition coefficient (Wildman–Crippen LogP) is 2.94. The summed E-state index contributed by atoms with van der Waals surface area (Å²) in [6.07, 6.45) is 2.64. The third-order valence-electron chi connectivity index (χ3n) is 5.77. The molecule has 0 unspecified atom stereocenters. The lowest BCUT2D eigenvalue weighted by atomic mass is 9.65. The first-order valence-corrected chi connectivity index (χ1v) is 7.25. The van der Waals surface area contributed by atoms with Crippen LogP contribution >= 0.6 is 0 Å². The molecule has 1 N–H and O–H groups in total. The number of hydrogen-bond acceptors (Lipinski definition) is 2. The average Bonchev–Trinajstić information content (AvgIpc) is 2.81. The Balaban J connectivity index is 1.99. The summed E-state index contributed by atoms with van der Waals surface area (Å²) in [6.45, 7) is 4.04. The van der Waals surface area contributed by atoms with Gasteiger partial charge in [-0.15, -0.1) is 0 Å². The highest BCUT2D eigenvalue weighted by molar-refractivity contribution is 5.89. The summed E-state index contributed by atoms with van der Waals surface area (Å²) in [5.74, 6) is 6.46. The van der Waals surface area contributed by atoms with Crippen LogP contribution in [-0.2, 0) is 4.79 Å². The Kier molecular flexibility index (Phi) is 2.81. The zero-order valence-electron chi connectivity index (χ0n) is 12.1. The van der Waals surface area contributed by atoms with Gasteiger partial charge in [-0.1, -0.05) is 43.9 Å². The van der Waals surface area contributed by atoms with E-state index in [2.05, 4.69) is 11.8 Å². The molecule has 0 heterocycles. The Morgan fingerprint density at radius 2 is 1.80 bits per heavy atom. The highest BCUT2D eigenvalue weighted by atomic mass is 16.3. The van der Waals surface area contributed by atoms with Crippen molar-refractivity contribution in [1.82, 2.24) is 0 Å². The quantitative estimate of drug-likeness (QED) is 0.735. The normalized spacial score (nSPS) is 39.2. The Labute approximate surface area is 120 Å². The molecule has 20 heavy (non-hydrogen) atoms. The van der Waals surface area contributed by atoms with Gasteiger partial charge in [0.1, 0.15) is 11.4 Å². The van der Waals surface area contributed by atoms with Crippen LogP contribution in [0.25, 0.3) is 0 Å². The lowest BCUT2D eigenvalue weighted by Gasteiger charge is -2.40. The number of hydrogen-bond donors (Lipinski definition) is 1. The van der Waals surface area contributed by atoms with Crippen molar-refractivity contribution in [2.75, 3.05) is 0 Å². The van der Waals surface area contributed by atoms with E-state index < -0.39 is 16.4 Å². The summed E-state index contributed by atoms with van der Waals surface area (Å²) in [6, 6.07) is 9.70. The van der Waals surface area contributed by atoms with Crippen LogP contribution in [0.1, 0.15) is 45.1 Å². The van der Waals surface area contributed by atoms with Crippen LogP contribution in [0, 0.1) is 22.7 Å². The van der Waals surface area contributed by atoms with Gasteiger partial charge >= 0.3 is 0 Å². The van der Waals surface area contributed by atoms with Crippen molar-refractivity contribution < 1.29 is 9.90 Å². The first-order chi connectivity index (χ1) is 9.41. The van der Waals surface area contributed by atoms with Crippen LogP contribution < -0.4 is 0 Å². The van der Waals surface area contributed by atoms with E-state index in [1.807, 2.05) is 44.2 Å². The second-order valence-electron chi connectivity index (χ2n) is 6.56. The Morgan fingerprint density at radius 3 is 2.50 bits per heavy atom. The molecule has 2 fully saturated rings. The molecule has 3 rings (SSSR count). The molecule has 2 saturated carbocycles. The van der Waals surface area contributed by atoms with Gasteiger partial charge in [-0.25, -0.2) is 0 Å². The van der Waals surface area contributed by atoms with Gasteiger partial charge in [0.2, 0.25) is 0 Å². The molecule has 0 bridgehead atoms. The van der Waals surface area contributed by atoms with Crippen molar-refractivity contribution in [3.63, 3.8) is 0 Å². The summed E-state index contributed by atoms with van der Waals surface area (Å²) in [4.78, 5) is 12.2. The summed E-state index contributed by atoms with van der Waals surface area (Å²) in [5.41, 5.74) is -0.974. The lowest BCUT2D eigenvalue weighted by Crippen LogP contribution is -2.46. The van der Waals surface area contributed by atoms with Crippen LogP contribution in [0.5, 0.6) is 0 Å². The molecular formula is C18H20O2. The van der Waals surface area contributed by atoms with Gasteiger partial charge < -0.3 is 5.11 Å². The number of benzene rings is 1. The van der Waals surface area contributed by atoms with E-state index in [0.29, 0.717) is 12.8 Å². The topological polar surface area (TPSA) is 37.3 Å². The van der Waals surface area contributed by atoms with Crippen LogP contribution in [0.4, 0.5) is 0 Å². The molecule has 0 saturated heterocycles. The van der Waals surface area contributed by atoms with E-state index in [9.17, 15) is 9.90 Å². The first-order valence-electron chi connectivity index (χ1n) is 7.25. The van der Waals surface area contributed by atoms with Gasteiger partial charge in [0, 0.05) is 22.8 Å². The van der Waals surface area contributed by atoms with Gasteiger partial charge in [-0.3, -0.25) is 4.79 Å². The molecule has 1 aromatic rings. The van der Waals surface area contributed by atoms with Crippen LogP contribution in [0.3, 0.4) is 0 Å². The third kappa shape index (κ3) is 1.60. The molecule has 0 aliphatic heterocycles. The fourth-order valence-electron chi connectivity index (χ4n) is 3.91. The van der Waals surface area contributed by atoms with Crippen molar-refractivity contribution in [1.29, 1.82) is 0 Å². The molecule has 0 radical (unpaired) electrons. The van der Waals surface area contributed by atoms with E-state index >= 15 is 0 Å². The van der Waals surface area contributed by atoms with Gasteiger partial charge in [-0.05, 0) is 31.4 Å². The lowest BCUT2D eigenvalue weighted by molar-refractivity contribution is -0.130. The number of ketones is 1. The average molecular weight is 268 g/mol. The molecule has 2 aliphatic carbocycles. The zero-order valence-corrected chi connectivity index (χ0v) is 12.1. The molecule has 1 aromatic carbocycles. The van der Waals surface area contributed by atoms with Gasteiger partial charge in [-0.2, -0.15) is 0 Å². The second kappa shape index (κ2) is 4.20. The van der Waals surface area contributed by atoms with Crippen LogP contribution in [-0.4, -0.2) is 16.5 Å². The number of aliphatic hydroxyl groups is 1. The minimum atomic E-state index is -1.05. The highest BCUT2D eigenvalue weighted by Gasteiger charge is 2.67. The molecule has 0 amide bonds. The Morgan fingerprint density at radius 1 is 1.10 bits per heavy atom. The first kappa shape index (κ1) is 13.4. The molecule has 3 atom stereocenters. The smallest absolute Gasteiger partial charge is 0.139 e. The summed E-state index contributed by atoms with van der Waals surface area (Å²) in [7, 11) is 0. The largest absolute Gasteiger partial charge is 0.377 e. The van der Waals surface area contributed by atoms with Crippen LogP contribution in [0.15, 0.2) is 30.3 Å². The molecule has 0 aromatic heterocycles. The minimum Gasteiger partial charge on any atom is -0.377 e. The molecule has 2 aliphatic rings. The van der Waals surface area contributed by atoms with Gasteiger partial charge in [0.25, 0.3) is 0 Å². The van der Waals surface area contributed by atoms with Crippen molar-refractivity contribution in [2.24, 2.45) is 10.8 Å². The summed E-state index contributed by atoms with van der Waals surface area (Å²) in [5, 5.41) is 11.0. The SMILES string of the molecule is C[C@]12CCC(=O)[C@@]1(C)CC[C@]2(O)C#Cc1ccccc1. The van der Waals surface area contributed by atoms with E-state index in [4.69, 9.17) is 0 Å². The molecular weight excluding hydrogens is 248 g/mol. The highest BCUT2D eigenvalue weighted by Crippen LogP contribution is 2.64. The molecule has 0 spiro atoms. The molecule has 2 heteroatoms. The monoisotopic (exact) mass is 268 g/mol. The van der Waals surface area contributed by atoms with E-state index in [1.54, 1.807) is 0 Å². The van der Waals surface area contributed by atoms with E-state index in [0.717, 1.165) is 18.4 Å². The number of carbonyl (C=O) groups excluding carboxylic acids is 1. The maximum Gasteiger partial charge on any atom is 0.139 e. The predicted molar refractivity (Wildman–Crippen MR) is 78.0 cm³/mol. The van der Waals surface area contributed by atoms with Crippen LogP contribution in [0.2, 0.25) is 0 Å². The van der Waals surface area contributed by atoms with Crippen molar-refractivity contribution >= 4 is 5.78 Å². The van der Waals surface area contributed by atoms with Crippen molar-refractivity contribution in [3.8, 4) is 11.8 Å². The maximum absolute atomic E-state index is 12.2. The maximum atomic E-state index is 12.2. The van der Waals surface area contributed by atoms with Gasteiger partial charge in [0.15, 0.2) is 0 Å². The fourth-order valence-corrected chi connectivity index (χ4v) is 3.91. The standard InChI is InChI=1S/C18H20O2/c1-16-12-13-18(20,17(16,2)10-9-15(16)19)11-8-14-6-4-3-5-7-14/h3-7,20H,9-10,12-13H2,1-2H3/t16-,17+,18-/m1/s1. The summed E-state index contributed by atoms with van der Waals surface area (Å²) >= 11 is 0. The van der Waals surface area contributed by atoms with E-state index in [1.165, 1.54) is 0 Å².